The Kier molecular flexibility index (Phi) is 2.69. The van der Waals surface area contributed by atoms with Crippen LogP contribution in [0.4, 0.5) is 4.79 Å². The normalized spacial score (nSPS) is 25.9. The second-order valence-electron chi connectivity index (χ2n) is 4.39. The Morgan fingerprint density at radius 1 is 1.36 bits per heavy atom. The van der Waals surface area contributed by atoms with Crippen LogP contribution in [0.1, 0.15) is 26.7 Å². The number of nitrogens with two attached hydrogens (primary N) is 2. The van der Waals surface area contributed by atoms with Gasteiger partial charge in [-0.15, -0.1) is 0 Å². The van der Waals surface area contributed by atoms with Crippen LogP contribution in [-0.4, -0.2) is 28.9 Å². The van der Waals surface area contributed by atoms with Crippen LogP contribution in [0, 0.1) is 5.92 Å². The number of piperidine rings is 1. The fraction of sp³-hybridized carbons (Fsp3) is 0.778. The van der Waals surface area contributed by atoms with E-state index in [0.717, 1.165) is 0 Å². The molecule has 5 heteroatoms. The minimum atomic E-state index is -0.432. The number of likely N-dealkylation sites (tertiary alicyclic amines) is 1. The lowest BCUT2D eigenvalue weighted by molar-refractivity contribution is -0.124. The molecule has 1 aliphatic heterocycles. The van der Waals surface area contributed by atoms with Crippen molar-refractivity contribution in [1.82, 2.24) is 4.90 Å². The first-order valence-corrected chi connectivity index (χ1v) is 4.71. The molecule has 0 saturated carbocycles. The number of carbonyl (C=O) groups is 2. The number of carbonyl (C=O) groups excluding carboxylic acids is 2. The molecule has 80 valence electrons. The number of amides is 3. The van der Waals surface area contributed by atoms with Crippen LogP contribution in [0.2, 0.25) is 0 Å². The molecular formula is C9H17N3O2. The van der Waals surface area contributed by atoms with E-state index in [0.29, 0.717) is 19.4 Å². The third kappa shape index (κ3) is 1.97. The molecule has 1 saturated heterocycles. The van der Waals surface area contributed by atoms with Crippen LogP contribution in [0.25, 0.3) is 0 Å². The van der Waals surface area contributed by atoms with Crippen LogP contribution in [0.5, 0.6) is 0 Å². The fourth-order valence-corrected chi connectivity index (χ4v) is 2.05. The summed E-state index contributed by atoms with van der Waals surface area (Å²) in [5.74, 6) is -0.428. The van der Waals surface area contributed by atoms with Crippen molar-refractivity contribution in [3.63, 3.8) is 0 Å². The first-order valence-electron chi connectivity index (χ1n) is 4.71. The van der Waals surface area contributed by atoms with Crippen molar-refractivity contribution in [3.05, 3.63) is 0 Å². The summed E-state index contributed by atoms with van der Waals surface area (Å²) in [7, 11) is 0. The number of nitrogens with zero attached hydrogens (tertiary/aromatic N) is 1. The zero-order valence-corrected chi connectivity index (χ0v) is 8.62. The van der Waals surface area contributed by atoms with Crippen molar-refractivity contribution in [2.75, 3.05) is 6.54 Å². The summed E-state index contributed by atoms with van der Waals surface area (Å²) in [4.78, 5) is 23.7. The van der Waals surface area contributed by atoms with Crippen LogP contribution in [0.15, 0.2) is 0 Å². The first-order chi connectivity index (χ1) is 6.34. The molecule has 4 N–H and O–H groups in total. The van der Waals surface area contributed by atoms with Gasteiger partial charge in [0.25, 0.3) is 0 Å². The van der Waals surface area contributed by atoms with Crippen LogP contribution < -0.4 is 11.5 Å². The standard InChI is InChI=1S/C9H17N3O2/c1-9(2)5-6(7(10)13)3-4-12(9)8(11)14/h6H,3-5H2,1-2H3,(H2,10,13)(H2,11,14). The highest BCUT2D eigenvalue weighted by Gasteiger charge is 2.38. The van der Waals surface area contributed by atoms with Crippen molar-refractivity contribution < 1.29 is 9.59 Å². The molecule has 1 fully saturated rings. The summed E-state index contributed by atoms with van der Waals surface area (Å²) in [6.45, 7) is 4.30. The number of primary amides is 2. The van der Waals surface area contributed by atoms with E-state index >= 15 is 0 Å². The summed E-state index contributed by atoms with van der Waals surface area (Å²) in [6, 6.07) is -0.432. The van der Waals surface area contributed by atoms with Gasteiger partial charge < -0.3 is 16.4 Å². The minimum Gasteiger partial charge on any atom is -0.369 e. The van der Waals surface area contributed by atoms with Crippen molar-refractivity contribution in [2.24, 2.45) is 17.4 Å². The zero-order valence-electron chi connectivity index (χ0n) is 8.62. The molecule has 1 unspecified atom stereocenters. The van der Waals surface area contributed by atoms with E-state index in [1.165, 1.54) is 0 Å². The molecular weight excluding hydrogens is 182 g/mol. The van der Waals surface area contributed by atoms with E-state index in [4.69, 9.17) is 11.5 Å². The molecule has 3 amide bonds. The molecule has 0 aromatic rings. The molecule has 5 nitrogen and oxygen atoms in total. The van der Waals surface area contributed by atoms with Crippen molar-refractivity contribution in [2.45, 2.75) is 32.2 Å². The molecule has 0 spiro atoms. The largest absolute Gasteiger partial charge is 0.369 e. The molecule has 0 aliphatic carbocycles. The van der Waals surface area contributed by atoms with E-state index in [2.05, 4.69) is 0 Å². The molecule has 1 aliphatic rings. The highest BCUT2D eigenvalue weighted by molar-refractivity contribution is 5.78. The molecule has 14 heavy (non-hydrogen) atoms. The number of urea groups is 1. The van der Waals surface area contributed by atoms with Crippen molar-refractivity contribution >= 4 is 11.9 Å². The van der Waals surface area contributed by atoms with Gasteiger partial charge in [-0.2, -0.15) is 0 Å². The Hall–Kier alpha value is -1.26. The number of hydrogen-bond acceptors (Lipinski definition) is 2. The second-order valence-corrected chi connectivity index (χ2v) is 4.39. The predicted molar refractivity (Wildman–Crippen MR) is 52.3 cm³/mol. The van der Waals surface area contributed by atoms with Gasteiger partial charge in [0.1, 0.15) is 0 Å². The highest BCUT2D eigenvalue weighted by atomic mass is 16.2. The van der Waals surface area contributed by atoms with E-state index in [9.17, 15) is 9.59 Å². The molecule has 0 radical (unpaired) electrons. The molecule has 0 bridgehead atoms. The summed E-state index contributed by atoms with van der Waals surface area (Å²) in [5.41, 5.74) is 10.1. The summed E-state index contributed by atoms with van der Waals surface area (Å²) < 4.78 is 0. The first kappa shape index (κ1) is 10.8. The van der Waals surface area contributed by atoms with Gasteiger partial charge in [-0.05, 0) is 26.7 Å². The van der Waals surface area contributed by atoms with E-state index in [1.807, 2.05) is 13.8 Å². The van der Waals surface area contributed by atoms with Gasteiger partial charge >= 0.3 is 6.03 Å². The smallest absolute Gasteiger partial charge is 0.315 e. The van der Waals surface area contributed by atoms with E-state index < -0.39 is 6.03 Å². The van der Waals surface area contributed by atoms with Gasteiger partial charge in [0.15, 0.2) is 0 Å². The maximum Gasteiger partial charge on any atom is 0.315 e. The van der Waals surface area contributed by atoms with Crippen LogP contribution in [-0.2, 0) is 4.79 Å². The lowest BCUT2D eigenvalue weighted by Gasteiger charge is -2.43. The Morgan fingerprint density at radius 2 is 1.93 bits per heavy atom. The third-order valence-corrected chi connectivity index (χ3v) is 2.85. The number of hydrogen-bond donors (Lipinski definition) is 2. The fourth-order valence-electron chi connectivity index (χ4n) is 2.05. The highest BCUT2D eigenvalue weighted by Crippen LogP contribution is 2.30. The zero-order chi connectivity index (χ0) is 10.9. The van der Waals surface area contributed by atoms with Gasteiger partial charge in [-0.25, -0.2) is 4.79 Å². The van der Waals surface area contributed by atoms with Gasteiger partial charge in [-0.3, -0.25) is 4.79 Å². The maximum absolute atomic E-state index is 11.1. The second kappa shape index (κ2) is 3.48. The Morgan fingerprint density at radius 3 is 2.29 bits per heavy atom. The SMILES string of the molecule is CC1(C)CC(C(N)=O)CCN1C(N)=O. The minimum absolute atomic E-state index is 0.138. The molecule has 1 rings (SSSR count). The summed E-state index contributed by atoms with van der Waals surface area (Å²) in [6.07, 6.45) is 1.20. The topological polar surface area (TPSA) is 89.4 Å². The van der Waals surface area contributed by atoms with Crippen molar-refractivity contribution in [3.8, 4) is 0 Å². The Labute approximate surface area is 83.4 Å². The molecule has 1 atom stereocenters. The van der Waals surface area contributed by atoms with Gasteiger partial charge in [0.2, 0.25) is 5.91 Å². The lowest BCUT2D eigenvalue weighted by atomic mass is 9.82. The van der Waals surface area contributed by atoms with Gasteiger partial charge in [0.05, 0.1) is 0 Å². The summed E-state index contributed by atoms with van der Waals surface area (Å²) in [5, 5.41) is 0. The lowest BCUT2D eigenvalue weighted by Crippen LogP contribution is -2.56. The Bertz CT molecular complexity index is 263. The Balaban J connectivity index is 2.75. The van der Waals surface area contributed by atoms with E-state index in [-0.39, 0.29) is 17.4 Å². The van der Waals surface area contributed by atoms with Crippen LogP contribution >= 0.6 is 0 Å². The quantitative estimate of drug-likeness (QED) is 0.624. The monoisotopic (exact) mass is 199 g/mol. The average Bonchev–Trinajstić information content (AvgIpc) is 2.01. The summed E-state index contributed by atoms with van der Waals surface area (Å²) >= 11 is 0. The van der Waals surface area contributed by atoms with Gasteiger partial charge in [-0.1, -0.05) is 0 Å². The van der Waals surface area contributed by atoms with Crippen molar-refractivity contribution in [1.29, 1.82) is 0 Å². The average molecular weight is 199 g/mol. The number of rotatable bonds is 1. The van der Waals surface area contributed by atoms with Gasteiger partial charge in [0, 0.05) is 18.0 Å². The van der Waals surface area contributed by atoms with E-state index in [1.54, 1.807) is 4.90 Å². The predicted octanol–water partition coefficient (Wildman–Crippen LogP) is 0.0410. The molecule has 0 aromatic heterocycles. The molecule has 1 heterocycles. The third-order valence-electron chi connectivity index (χ3n) is 2.85. The molecule has 0 aromatic carbocycles. The van der Waals surface area contributed by atoms with Crippen LogP contribution in [0.3, 0.4) is 0 Å². The maximum atomic E-state index is 11.1.